The van der Waals surface area contributed by atoms with E-state index in [1.54, 1.807) is 7.11 Å². The van der Waals surface area contributed by atoms with Crippen molar-refractivity contribution in [1.82, 2.24) is 4.98 Å². The minimum absolute atomic E-state index is 0.557. The fourth-order valence-electron chi connectivity index (χ4n) is 1.93. The molecule has 0 radical (unpaired) electrons. The first kappa shape index (κ1) is 11.8. The highest BCUT2D eigenvalue weighted by Gasteiger charge is 2.07. The summed E-state index contributed by atoms with van der Waals surface area (Å²) < 4.78 is 5.19. The van der Waals surface area contributed by atoms with E-state index in [9.17, 15) is 0 Å². The van der Waals surface area contributed by atoms with Crippen LogP contribution in [0, 0.1) is 0 Å². The fraction of sp³-hybridized carbons (Fsp3) is 0.308. The number of hydrazine groups is 1. The second kappa shape index (κ2) is 5.12. The van der Waals surface area contributed by atoms with E-state index in [4.69, 9.17) is 10.6 Å². The monoisotopic (exact) mass is 231 g/mol. The van der Waals surface area contributed by atoms with Crippen LogP contribution in [0.1, 0.15) is 18.2 Å². The molecule has 2 rings (SSSR count). The highest BCUT2D eigenvalue weighted by molar-refractivity contribution is 5.93. The first-order valence-electron chi connectivity index (χ1n) is 5.67. The van der Waals surface area contributed by atoms with Crippen molar-refractivity contribution in [3.63, 3.8) is 0 Å². The highest BCUT2D eigenvalue weighted by atomic mass is 16.5. The summed E-state index contributed by atoms with van der Waals surface area (Å²) in [5.74, 6) is 5.55. The van der Waals surface area contributed by atoms with Crippen molar-refractivity contribution in [2.45, 2.75) is 20.0 Å². The molecule has 0 fully saturated rings. The fourth-order valence-corrected chi connectivity index (χ4v) is 1.93. The average Bonchev–Trinajstić information content (AvgIpc) is 2.38. The number of aromatic nitrogens is 1. The lowest BCUT2D eigenvalue weighted by atomic mass is 10.1. The molecule has 0 bridgehead atoms. The molecule has 2 aromatic rings. The second-order valence-electron chi connectivity index (χ2n) is 3.91. The Balaban J connectivity index is 2.70. The van der Waals surface area contributed by atoms with Crippen LogP contribution < -0.4 is 11.3 Å². The number of aryl methyl sites for hydroxylation is 1. The van der Waals surface area contributed by atoms with Gasteiger partial charge in [0.2, 0.25) is 0 Å². The number of methoxy groups -OCH3 is 1. The molecule has 17 heavy (non-hydrogen) atoms. The SMILES string of the molecule is CCc1cc(NN)c2cccc(COC)c2n1. The maximum absolute atomic E-state index is 5.55. The third-order valence-corrected chi connectivity index (χ3v) is 2.79. The van der Waals surface area contributed by atoms with Gasteiger partial charge in [-0.25, -0.2) is 0 Å². The Labute approximate surface area is 101 Å². The van der Waals surface area contributed by atoms with Crippen LogP contribution in [0.4, 0.5) is 5.69 Å². The maximum atomic E-state index is 5.55. The van der Waals surface area contributed by atoms with E-state index in [2.05, 4.69) is 17.3 Å². The van der Waals surface area contributed by atoms with Crippen LogP contribution in [0.2, 0.25) is 0 Å². The quantitative estimate of drug-likeness (QED) is 0.625. The van der Waals surface area contributed by atoms with Gasteiger partial charge in [0.25, 0.3) is 0 Å². The number of nitrogen functional groups attached to an aromatic ring is 1. The number of pyridine rings is 1. The zero-order valence-corrected chi connectivity index (χ0v) is 10.2. The molecule has 0 aliphatic carbocycles. The number of anilines is 1. The molecule has 0 saturated carbocycles. The van der Waals surface area contributed by atoms with Gasteiger partial charge in [-0.2, -0.15) is 0 Å². The second-order valence-corrected chi connectivity index (χ2v) is 3.91. The summed E-state index contributed by atoms with van der Waals surface area (Å²) in [6, 6.07) is 8.01. The lowest BCUT2D eigenvalue weighted by Gasteiger charge is -2.11. The Kier molecular flexibility index (Phi) is 3.56. The van der Waals surface area contributed by atoms with E-state index in [1.165, 1.54) is 0 Å². The molecule has 0 unspecified atom stereocenters. The Morgan fingerprint density at radius 2 is 2.24 bits per heavy atom. The Morgan fingerprint density at radius 3 is 2.88 bits per heavy atom. The van der Waals surface area contributed by atoms with Gasteiger partial charge in [-0.1, -0.05) is 25.1 Å². The molecule has 1 aromatic carbocycles. The van der Waals surface area contributed by atoms with Crippen LogP contribution in [-0.2, 0) is 17.8 Å². The molecule has 0 amide bonds. The lowest BCUT2D eigenvalue weighted by molar-refractivity contribution is 0.186. The van der Waals surface area contributed by atoms with Crippen molar-refractivity contribution in [2.75, 3.05) is 12.5 Å². The van der Waals surface area contributed by atoms with E-state index < -0.39 is 0 Å². The number of hydrogen-bond acceptors (Lipinski definition) is 4. The van der Waals surface area contributed by atoms with Crippen LogP contribution in [0.5, 0.6) is 0 Å². The minimum atomic E-state index is 0.557. The van der Waals surface area contributed by atoms with Gasteiger partial charge >= 0.3 is 0 Å². The summed E-state index contributed by atoms with van der Waals surface area (Å²) in [5.41, 5.74) is 6.70. The van der Waals surface area contributed by atoms with Crippen LogP contribution in [0.25, 0.3) is 10.9 Å². The van der Waals surface area contributed by atoms with Gasteiger partial charge in [0.05, 0.1) is 17.8 Å². The Hall–Kier alpha value is -1.65. The van der Waals surface area contributed by atoms with E-state index in [0.717, 1.165) is 34.3 Å². The molecule has 4 nitrogen and oxygen atoms in total. The third kappa shape index (κ3) is 2.23. The predicted octanol–water partition coefficient (Wildman–Crippen LogP) is 2.23. The third-order valence-electron chi connectivity index (χ3n) is 2.79. The molecule has 0 aliphatic rings. The predicted molar refractivity (Wildman–Crippen MR) is 69.6 cm³/mol. The van der Waals surface area contributed by atoms with Gasteiger partial charge < -0.3 is 10.2 Å². The molecule has 1 heterocycles. The summed E-state index contributed by atoms with van der Waals surface area (Å²) >= 11 is 0. The van der Waals surface area contributed by atoms with Gasteiger partial charge in [0.1, 0.15) is 0 Å². The molecule has 3 N–H and O–H groups in total. The molecular formula is C13H17N3O. The summed E-state index contributed by atoms with van der Waals surface area (Å²) in [7, 11) is 1.69. The zero-order chi connectivity index (χ0) is 12.3. The van der Waals surface area contributed by atoms with Gasteiger partial charge in [0.15, 0.2) is 0 Å². The largest absolute Gasteiger partial charge is 0.380 e. The topological polar surface area (TPSA) is 60.2 Å². The zero-order valence-electron chi connectivity index (χ0n) is 10.2. The van der Waals surface area contributed by atoms with Crippen molar-refractivity contribution in [1.29, 1.82) is 0 Å². The highest BCUT2D eigenvalue weighted by Crippen LogP contribution is 2.25. The molecular weight excluding hydrogens is 214 g/mol. The number of benzene rings is 1. The van der Waals surface area contributed by atoms with Gasteiger partial charge in [-0.05, 0) is 12.5 Å². The van der Waals surface area contributed by atoms with Crippen molar-refractivity contribution in [3.8, 4) is 0 Å². The Bertz CT molecular complexity index is 525. The molecule has 90 valence electrons. The number of para-hydroxylation sites is 1. The first-order valence-corrected chi connectivity index (χ1v) is 5.67. The lowest BCUT2D eigenvalue weighted by Crippen LogP contribution is -2.09. The van der Waals surface area contributed by atoms with Crippen molar-refractivity contribution < 1.29 is 4.74 Å². The molecule has 0 atom stereocenters. The van der Waals surface area contributed by atoms with E-state index in [-0.39, 0.29) is 0 Å². The van der Waals surface area contributed by atoms with E-state index in [1.807, 2.05) is 24.3 Å². The molecule has 0 spiro atoms. The van der Waals surface area contributed by atoms with Gasteiger partial charge in [-0.15, -0.1) is 0 Å². The number of fused-ring (bicyclic) bond motifs is 1. The summed E-state index contributed by atoms with van der Waals surface area (Å²) in [4.78, 5) is 4.65. The van der Waals surface area contributed by atoms with Gasteiger partial charge in [-0.3, -0.25) is 10.8 Å². The minimum Gasteiger partial charge on any atom is -0.380 e. The molecule has 1 aromatic heterocycles. The normalized spacial score (nSPS) is 10.8. The smallest absolute Gasteiger partial charge is 0.0781 e. The summed E-state index contributed by atoms with van der Waals surface area (Å²) in [6.07, 6.45) is 0.881. The van der Waals surface area contributed by atoms with Crippen molar-refractivity contribution in [3.05, 3.63) is 35.5 Å². The first-order chi connectivity index (χ1) is 8.30. The number of nitrogens with zero attached hydrogens (tertiary/aromatic N) is 1. The number of nitrogens with one attached hydrogen (secondary N) is 1. The maximum Gasteiger partial charge on any atom is 0.0781 e. The summed E-state index contributed by atoms with van der Waals surface area (Å²) in [5, 5.41) is 1.03. The van der Waals surface area contributed by atoms with Crippen LogP contribution in [-0.4, -0.2) is 12.1 Å². The van der Waals surface area contributed by atoms with E-state index >= 15 is 0 Å². The van der Waals surface area contributed by atoms with Crippen molar-refractivity contribution >= 4 is 16.6 Å². The Morgan fingerprint density at radius 1 is 1.41 bits per heavy atom. The molecule has 0 saturated heterocycles. The van der Waals surface area contributed by atoms with Crippen LogP contribution in [0.3, 0.4) is 0 Å². The summed E-state index contributed by atoms with van der Waals surface area (Å²) in [6.45, 7) is 2.63. The number of hydrogen-bond donors (Lipinski definition) is 2. The number of nitrogens with two attached hydrogens (primary N) is 1. The average molecular weight is 231 g/mol. The standard InChI is InChI=1S/C13H17N3O/c1-3-10-7-12(16-14)11-6-4-5-9(8-17-2)13(11)15-10/h4-7H,3,8,14H2,1-2H3,(H,15,16). The number of ether oxygens (including phenoxy) is 1. The van der Waals surface area contributed by atoms with Gasteiger partial charge in [0, 0.05) is 23.8 Å². The molecule has 0 aliphatic heterocycles. The molecule has 4 heteroatoms. The van der Waals surface area contributed by atoms with Crippen molar-refractivity contribution in [2.24, 2.45) is 5.84 Å². The van der Waals surface area contributed by atoms with Crippen LogP contribution >= 0.6 is 0 Å². The van der Waals surface area contributed by atoms with Crippen LogP contribution in [0.15, 0.2) is 24.3 Å². The number of rotatable bonds is 4. The van der Waals surface area contributed by atoms with E-state index in [0.29, 0.717) is 6.61 Å².